The normalized spacial score (nSPS) is 12.6. The molecule has 0 unspecified atom stereocenters. The van der Waals surface area contributed by atoms with E-state index < -0.39 is 0 Å². The summed E-state index contributed by atoms with van der Waals surface area (Å²) in [5.41, 5.74) is 15.8. The number of nitrogens with zero attached hydrogens (tertiary/aromatic N) is 4. The molecule has 7 aromatic carbocycles. The number of hydrogen-bond donors (Lipinski definition) is 0. The van der Waals surface area contributed by atoms with Crippen LogP contribution >= 0.6 is 0 Å². The molecule has 2 aliphatic rings. The van der Waals surface area contributed by atoms with Crippen molar-refractivity contribution in [1.82, 2.24) is 0 Å². The van der Waals surface area contributed by atoms with Crippen LogP contribution in [0.15, 0.2) is 176 Å². The minimum absolute atomic E-state index is 0.634. The van der Waals surface area contributed by atoms with Gasteiger partial charge in [0.1, 0.15) is 0 Å². The Balaban J connectivity index is 0.00000147. The third-order valence-corrected chi connectivity index (χ3v) is 10.8. The fourth-order valence-corrected chi connectivity index (χ4v) is 8.12. The molecule has 0 amide bonds. The first-order valence-corrected chi connectivity index (χ1v) is 19.4. The highest BCUT2D eigenvalue weighted by Gasteiger charge is 2.22. The van der Waals surface area contributed by atoms with Crippen molar-refractivity contribution in [2.75, 3.05) is 16.3 Å². The topological polar surface area (TPSA) is 54.1 Å². The zero-order valence-corrected chi connectivity index (χ0v) is 32.1. The van der Waals surface area contributed by atoms with Gasteiger partial charge in [0.15, 0.2) is 0 Å². The van der Waals surface area contributed by atoms with Gasteiger partial charge >= 0.3 is 0 Å². The Kier molecular flexibility index (Phi) is 10.6. The second-order valence-electron chi connectivity index (χ2n) is 14.3. The molecule has 0 N–H and O–H groups in total. The number of rotatable bonds is 8. The fourth-order valence-electron chi connectivity index (χ4n) is 8.12. The van der Waals surface area contributed by atoms with Crippen LogP contribution in [0.5, 0.6) is 0 Å². The zero-order valence-electron chi connectivity index (χ0n) is 32.1. The van der Waals surface area contributed by atoms with Gasteiger partial charge in [0, 0.05) is 41.6 Å². The van der Waals surface area contributed by atoms with Crippen LogP contribution in [0.25, 0.3) is 45.2 Å². The standard InChI is InChI=1S/C51H39N3.C2H3N/c1-36(53-31-11-18-41-16-8-9-20-49(41)53)21-24-40-25-29-48-50(30-26-42-17-10-19-47(40)51(42)48)54(45-27-22-37(35-52)23-28-45)46-33-43(38-12-4-2-5-13-38)32-44(34-46)39-14-6-3-7-15-39;1-2-3/h2-10,12-17,20-30,32-34H,1,11,18-19,31H2;1H3/b24-21-;. The highest BCUT2D eigenvalue weighted by atomic mass is 15.1. The van der Waals surface area contributed by atoms with Crippen molar-refractivity contribution in [3.63, 3.8) is 0 Å². The minimum Gasteiger partial charge on any atom is -0.342 e. The number of para-hydroxylation sites is 1. The van der Waals surface area contributed by atoms with Gasteiger partial charge in [0.05, 0.1) is 23.4 Å². The third-order valence-electron chi connectivity index (χ3n) is 10.8. The summed E-state index contributed by atoms with van der Waals surface area (Å²) in [4.78, 5) is 4.71. The molecule has 0 atom stereocenters. The van der Waals surface area contributed by atoms with E-state index >= 15 is 0 Å². The number of allylic oxidation sites excluding steroid dienone is 2. The van der Waals surface area contributed by atoms with E-state index in [1.807, 2.05) is 12.1 Å². The van der Waals surface area contributed by atoms with Gasteiger partial charge in [0.25, 0.3) is 0 Å². The molecule has 7 aromatic rings. The van der Waals surface area contributed by atoms with E-state index in [2.05, 4.69) is 186 Å². The second-order valence-corrected chi connectivity index (χ2v) is 14.3. The number of aryl methyl sites for hydroxylation is 1. The van der Waals surface area contributed by atoms with E-state index in [1.54, 1.807) is 6.07 Å². The van der Waals surface area contributed by atoms with E-state index in [0.29, 0.717) is 5.56 Å². The molecule has 4 heteroatoms. The van der Waals surface area contributed by atoms with Gasteiger partial charge in [-0.25, -0.2) is 0 Å². The van der Waals surface area contributed by atoms with Crippen LogP contribution in [0.3, 0.4) is 0 Å². The van der Waals surface area contributed by atoms with Crippen molar-refractivity contribution >= 4 is 45.7 Å². The van der Waals surface area contributed by atoms with Crippen molar-refractivity contribution in [2.24, 2.45) is 0 Å². The van der Waals surface area contributed by atoms with Crippen LogP contribution in [-0.4, -0.2) is 6.54 Å². The van der Waals surface area contributed by atoms with E-state index in [0.717, 1.165) is 70.8 Å². The summed E-state index contributed by atoms with van der Waals surface area (Å²) >= 11 is 0. The van der Waals surface area contributed by atoms with Gasteiger partial charge in [0.2, 0.25) is 0 Å². The Bertz CT molecular complexity index is 2670. The first-order chi connectivity index (χ1) is 28.1. The lowest BCUT2D eigenvalue weighted by Crippen LogP contribution is -2.27. The highest BCUT2D eigenvalue weighted by molar-refractivity contribution is 6.06. The molecular weight excluding hydrogens is 693 g/mol. The van der Waals surface area contributed by atoms with E-state index in [4.69, 9.17) is 5.26 Å². The maximum atomic E-state index is 9.70. The Hall–Kier alpha value is -7.40. The zero-order chi connectivity index (χ0) is 39.1. The molecule has 0 bridgehead atoms. The lowest BCUT2D eigenvalue weighted by molar-refractivity contribution is 0.752. The third kappa shape index (κ3) is 7.50. The number of anilines is 4. The minimum atomic E-state index is 0.634. The summed E-state index contributed by atoms with van der Waals surface area (Å²) in [5.74, 6) is 0. The lowest BCUT2D eigenvalue weighted by atomic mass is 9.88. The first kappa shape index (κ1) is 36.6. The van der Waals surface area contributed by atoms with Gasteiger partial charge in [-0.3, -0.25) is 0 Å². The molecule has 1 heterocycles. The van der Waals surface area contributed by atoms with Gasteiger partial charge in [-0.15, -0.1) is 0 Å². The molecule has 1 aliphatic carbocycles. The predicted octanol–water partition coefficient (Wildman–Crippen LogP) is 13.6. The lowest BCUT2D eigenvalue weighted by Gasteiger charge is -2.31. The summed E-state index contributed by atoms with van der Waals surface area (Å²) < 4.78 is 0. The molecule has 0 fully saturated rings. The second kappa shape index (κ2) is 16.5. The summed E-state index contributed by atoms with van der Waals surface area (Å²) in [6.07, 6.45) is 12.1. The molecule has 0 aromatic heterocycles. The Morgan fingerprint density at radius 2 is 1.39 bits per heavy atom. The fraction of sp³-hybridized carbons (Fsp3) is 0.0943. The van der Waals surface area contributed by atoms with Gasteiger partial charge < -0.3 is 9.80 Å². The molecular formula is C53H42N4. The number of fused-ring (bicyclic) bond motifs is 1. The van der Waals surface area contributed by atoms with Gasteiger partial charge in [-0.05, 0) is 130 Å². The van der Waals surface area contributed by atoms with Crippen molar-refractivity contribution < 1.29 is 0 Å². The summed E-state index contributed by atoms with van der Waals surface area (Å²) in [6, 6.07) is 57.8. The van der Waals surface area contributed by atoms with E-state index in [1.165, 1.54) is 45.6 Å². The number of nitriles is 2. The molecule has 0 radical (unpaired) electrons. The van der Waals surface area contributed by atoms with Crippen LogP contribution in [-0.2, 0) is 12.8 Å². The molecule has 0 spiro atoms. The molecule has 0 saturated carbocycles. The van der Waals surface area contributed by atoms with Crippen LogP contribution in [0, 0.1) is 22.7 Å². The quantitative estimate of drug-likeness (QED) is 0.146. The maximum Gasteiger partial charge on any atom is 0.0991 e. The molecule has 9 rings (SSSR count). The summed E-state index contributed by atoms with van der Waals surface area (Å²) in [5, 5.41) is 19.5. The van der Waals surface area contributed by atoms with Crippen LogP contribution in [0.4, 0.5) is 22.7 Å². The Morgan fingerprint density at radius 3 is 2.07 bits per heavy atom. The monoisotopic (exact) mass is 734 g/mol. The van der Waals surface area contributed by atoms with Gasteiger partial charge in [-0.2, -0.15) is 10.5 Å². The van der Waals surface area contributed by atoms with E-state index in [-0.39, 0.29) is 0 Å². The molecule has 57 heavy (non-hydrogen) atoms. The largest absolute Gasteiger partial charge is 0.342 e. The number of benzene rings is 7. The predicted molar refractivity (Wildman–Crippen MR) is 239 cm³/mol. The van der Waals surface area contributed by atoms with Crippen LogP contribution in [0.1, 0.15) is 41.2 Å². The highest BCUT2D eigenvalue weighted by Crippen LogP contribution is 2.45. The SMILES string of the molecule is C=C(/C=C\c1ccc2c(N(c3ccc(C#N)cc3)c3cc(-c4ccccc4)cc(-c4ccccc4)c3)ccc3c2c1CC=C3)N1CCCc2ccccc21.CC#N. The molecule has 1 aliphatic heterocycles. The Labute approximate surface area is 335 Å². The van der Waals surface area contributed by atoms with Crippen LogP contribution in [0.2, 0.25) is 0 Å². The van der Waals surface area contributed by atoms with Crippen LogP contribution < -0.4 is 9.80 Å². The molecule has 0 saturated heterocycles. The average Bonchev–Trinajstić information content (AvgIpc) is 3.27. The van der Waals surface area contributed by atoms with Gasteiger partial charge in [-0.1, -0.05) is 122 Å². The molecule has 4 nitrogen and oxygen atoms in total. The average molecular weight is 735 g/mol. The Morgan fingerprint density at radius 1 is 0.719 bits per heavy atom. The summed E-state index contributed by atoms with van der Waals surface area (Å²) in [6.45, 7) is 6.92. The van der Waals surface area contributed by atoms with Crippen molar-refractivity contribution in [2.45, 2.75) is 26.2 Å². The van der Waals surface area contributed by atoms with Crippen molar-refractivity contribution in [3.8, 4) is 34.4 Å². The maximum absolute atomic E-state index is 9.70. The van der Waals surface area contributed by atoms with Crippen molar-refractivity contribution in [3.05, 3.63) is 204 Å². The van der Waals surface area contributed by atoms with E-state index in [9.17, 15) is 5.26 Å². The first-order valence-electron chi connectivity index (χ1n) is 19.4. The summed E-state index contributed by atoms with van der Waals surface area (Å²) in [7, 11) is 0. The van der Waals surface area contributed by atoms with Crippen molar-refractivity contribution in [1.29, 1.82) is 10.5 Å². The molecule has 274 valence electrons. The smallest absolute Gasteiger partial charge is 0.0991 e. The number of hydrogen-bond acceptors (Lipinski definition) is 4.